The summed E-state index contributed by atoms with van der Waals surface area (Å²) in [6.45, 7) is 0. The summed E-state index contributed by atoms with van der Waals surface area (Å²) in [6, 6.07) is 38.1. The molecule has 0 fully saturated rings. The van der Waals surface area contributed by atoms with E-state index in [4.69, 9.17) is 0 Å². The Kier molecular flexibility index (Phi) is 4.93. The zero-order valence-corrected chi connectivity index (χ0v) is 15.0. The first kappa shape index (κ1) is 17.0. The second-order valence-electron chi connectivity index (χ2n) is 6.56. The van der Waals surface area contributed by atoms with E-state index in [0.29, 0.717) is 0 Å². The normalized spacial score (nSPS) is 11.7. The fourth-order valence-electron chi connectivity index (χ4n) is 3.41. The molecule has 0 aromatic heterocycles. The van der Waals surface area contributed by atoms with Crippen LogP contribution in [0.2, 0.25) is 0 Å². The minimum atomic E-state index is -0.307. The lowest BCUT2D eigenvalue weighted by atomic mass is 9.84. The lowest BCUT2D eigenvalue weighted by Gasteiger charge is -2.18. The molecule has 4 aromatic carbocycles. The van der Waals surface area contributed by atoms with Crippen molar-refractivity contribution in [2.45, 2.75) is 5.92 Å². The van der Waals surface area contributed by atoms with E-state index in [1.165, 1.54) is 5.56 Å². The molecular weight excluding hydrogens is 328 g/mol. The molecule has 0 unspecified atom stereocenters. The summed E-state index contributed by atoms with van der Waals surface area (Å²) in [6.07, 6.45) is 0. The molecule has 0 aliphatic carbocycles. The zero-order valence-electron chi connectivity index (χ0n) is 15.0. The highest BCUT2D eigenvalue weighted by atomic mass is 16.1. The van der Waals surface area contributed by atoms with Crippen molar-refractivity contribution in [3.63, 3.8) is 0 Å². The molecule has 0 aliphatic heterocycles. The monoisotopic (exact) mass is 348 g/mol. The Morgan fingerprint density at radius 2 is 0.926 bits per heavy atom. The van der Waals surface area contributed by atoms with Crippen LogP contribution in [0.5, 0.6) is 0 Å². The van der Waals surface area contributed by atoms with Crippen LogP contribution < -0.4 is 0 Å². The van der Waals surface area contributed by atoms with E-state index in [0.717, 1.165) is 22.3 Å². The fraction of sp³-hybridized carbons (Fsp3) is 0.0385. The molecule has 130 valence electrons. The maximum absolute atomic E-state index is 13.3. The average molecular weight is 348 g/mol. The number of hydrogen-bond acceptors (Lipinski definition) is 1. The molecule has 0 bridgehead atoms. The third-order valence-electron chi connectivity index (χ3n) is 4.80. The van der Waals surface area contributed by atoms with Gasteiger partial charge in [0, 0.05) is 5.56 Å². The number of hydrogen-bond donors (Lipinski definition) is 0. The molecule has 0 saturated heterocycles. The number of carbonyl (C=O) groups excluding carboxylic acids is 1. The largest absolute Gasteiger partial charge is 0.293 e. The Morgan fingerprint density at radius 1 is 0.481 bits per heavy atom. The first-order chi connectivity index (χ1) is 13.3. The van der Waals surface area contributed by atoms with Crippen molar-refractivity contribution in [3.8, 4) is 11.1 Å². The van der Waals surface area contributed by atoms with Crippen LogP contribution in [0, 0.1) is 0 Å². The van der Waals surface area contributed by atoms with E-state index in [-0.39, 0.29) is 11.7 Å². The second-order valence-corrected chi connectivity index (χ2v) is 6.56. The topological polar surface area (TPSA) is 17.1 Å². The molecule has 0 spiro atoms. The molecule has 0 aliphatic rings. The Hall–Kier alpha value is -3.45. The van der Waals surface area contributed by atoms with E-state index in [1.807, 2.05) is 78.9 Å². The summed E-state index contributed by atoms with van der Waals surface area (Å²) >= 11 is 0. The highest BCUT2D eigenvalue weighted by molar-refractivity contribution is 6.03. The van der Waals surface area contributed by atoms with Crippen molar-refractivity contribution >= 4 is 5.78 Å². The highest BCUT2D eigenvalue weighted by Crippen LogP contribution is 2.30. The van der Waals surface area contributed by atoms with Crippen molar-refractivity contribution in [1.29, 1.82) is 0 Å². The third-order valence-corrected chi connectivity index (χ3v) is 4.80. The molecule has 1 nitrogen and oxygen atoms in total. The molecule has 1 atom stereocenters. The predicted octanol–water partition coefficient (Wildman–Crippen LogP) is 6.37. The van der Waals surface area contributed by atoms with Crippen molar-refractivity contribution in [1.82, 2.24) is 0 Å². The summed E-state index contributed by atoms with van der Waals surface area (Å²) in [4.78, 5) is 13.3. The molecule has 0 N–H and O–H groups in total. The van der Waals surface area contributed by atoms with Crippen LogP contribution in [0.3, 0.4) is 0 Å². The minimum Gasteiger partial charge on any atom is -0.293 e. The number of carbonyl (C=O) groups is 1. The van der Waals surface area contributed by atoms with Gasteiger partial charge in [-0.3, -0.25) is 4.79 Å². The molecule has 27 heavy (non-hydrogen) atoms. The Morgan fingerprint density at radius 3 is 1.52 bits per heavy atom. The van der Waals surface area contributed by atoms with Crippen LogP contribution in [0.25, 0.3) is 11.1 Å². The Labute approximate surface area is 159 Å². The molecule has 0 radical (unpaired) electrons. The van der Waals surface area contributed by atoms with Gasteiger partial charge in [-0.1, -0.05) is 115 Å². The second kappa shape index (κ2) is 7.84. The van der Waals surface area contributed by atoms with Crippen LogP contribution in [0.15, 0.2) is 115 Å². The SMILES string of the molecule is O=C(c1ccccc1)[C@H](c1ccccc1)c1ccc(-c2ccccc2)cc1. The standard InChI is InChI=1S/C26H20O/c27-26(24-14-8-3-9-15-24)25(22-12-6-2-7-13-22)23-18-16-21(17-19-23)20-10-4-1-5-11-20/h1-19,25H/t25-/m1/s1. The summed E-state index contributed by atoms with van der Waals surface area (Å²) in [5.74, 6) is -0.187. The third kappa shape index (κ3) is 3.73. The lowest BCUT2D eigenvalue weighted by Crippen LogP contribution is -2.14. The number of benzene rings is 4. The van der Waals surface area contributed by atoms with Crippen molar-refractivity contribution in [2.24, 2.45) is 0 Å². The Bertz CT molecular complexity index is 1000. The fourth-order valence-corrected chi connectivity index (χ4v) is 3.41. The van der Waals surface area contributed by atoms with Gasteiger partial charge in [0.05, 0.1) is 5.92 Å². The van der Waals surface area contributed by atoms with E-state index in [9.17, 15) is 4.79 Å². The number of ketones is 1. The van der Waals surface area contributed by atoms with E-state index >= 15 is 0 Å². The lowest BCUT2D eigenvalue weighted by molar-refractivity contribution is 0.0974. The van der Waals surface area contributed by atoms with Gasteiger partial charge in [0.1, 0.15) is 0 Å². The van der Waals surface area contributed by atoms with Gasteiger partial charge in [-0.05, 0) is 22.3 Å². The van der Waals surface area contributed by atoms with Crippen LogP contribution in [-0.2, 0) is 0 Å². The molecule has 0 amide bonds. The summed E-state index contributed by atoms with van der Waals surface area (Å²) in [7, 11) is 0. The van der Waals surface area contributed by atoms with Crippen LogP contribution in [0.4, 0.5) is 0 Å². The Balaban J connectivity index is 1.74. The van der Waals surface area contributed by atoms with Crippen molar-refractivity contribution in [3.05, 3.63) is 132 Å². The maximum atomic E-state index is 13.3. The van der Waals surface area contributed by atoms with Gasteiger partial charge in [-0.25, -0.2) is 0 Å². The quantitative estimate of drug-likeness (QED) is 0.383. The van der Waals surface area contributed by atoms with Crippen LogP contribution in [0.1, 0.15) is 27.4 Å². The molecule has 4 rings (SSSR count). The number of rotatable bonds is 5. The predicted molar refractivity (Wildman–Crippen MR) is 111 cm³/mol. The smallest absolute Gasteiger partial charge is 0.174 e. The van der Waals surface area contributed by atoms with Gasteiger partial charge in [0.15, 0.2) is 5.78 Å². The zero-order chi connectivity index (χ0) is 18.5. The van der Waals surface area contributed by atoms with Gasteiger partial charge >= 0.3 is 0 Å². The maximum Gasteiger partial charge on any atom is 0.174 e. The first-order valence-corrected chi connectivity index (χ1v) is 9.12. The molecule has 4 aromatic rings. The minimum absolute atomic E-state index is 0.120. The average Bonchev–Trinajstić information content (AvgIpc) is 2.76. The van der Waals surface area contributed by atoms with Crippen molar-refractivity contribution < 1.29 is 4.79 Å². The molecule has 0 heterocycles. The molecule has 1 heteroatoms. The van der Waals surface area contributed by atoms with Gasteiger partial charge in [0.2, 0.25) is 0 Å². The number of Topliss-reactive ketones (excluding diaryl/α,β-unsaturated/α-hetero) is 1. The van der Waals surface area contributed by atoms with E-state index in [2.05, 4.69) is 36.4 Å². The van der Waals surface area contributed by atoms with Crippen LogP contribution >= 0.6 is 0 Å². The summed E-state index contributed by atoms with van der Waals surface area (Å²) in [5, 5.41) is 0. The van der Waals surface area contributed by atoms with Crippen LogP contribution in [-0.4, -0.2) is 5.78 Å². The first-order valence-electron chi connectivity index (χ1n) is 9.12. The summed E-state index contributed by atoms with van der Waals surface area (Å²) in [5.41, 5.74) is 5.08. The van der Waals surface area contributed by atoms with Gasteiger partial charge in [0.25, 0.3) is 0 Å². The molecular formula is C26H20O. The molecule has 0 saturated carbocycles. The van der Waals surface area contributed by atoms with Gasteiger partial charge in [-0.2, -0.15) is 0 Å². The summed E-state index contributed by atoms with van der Waals surface area (Å²) < 4.78 is 0. The van der Waals surface area contributed by atoms with E-state index < -0.39 is 0 Å². The van der Waals surface area contributed by atoms with Gasteiger partial charge in [-0.15, -0.1) is 0 Å². The van der Waals surface area contributed by atoms with E-state index in [1.54, 1.807) is 0 Å². The highest BCUT2D eigenvalue weighted by Gasteiger charge is 2.23. The van der Waals surface area contributed by atoms with Gasteiger partial charge < -0.3 is 0 Å². The van der Waals surface area contributed by atoms with Crippen molar-refractivity contribution in [2.75, 3.05) is 0 Å².